The summed E-state index contributed by atoms with van der Waals surface area (Å²) in [6, 6.07) is 1.16. The number of benzene rings is 1. The number of halogens is 6. The van der Waals surface area contributed by atoms with Gasteiger partial charge in [0.25, 0.3) is 0 Å². The zero-order chi connectivity index (χ0) is 14.4. The molecule has 10 heteroatoms. The van der Waals surface area contributed by atoms with Gasteiger partial charge in [0.05, 0.1) is 15.2 Å². The van der Waals surface area contributed by atoms with E-state index < -0.39 is 18.3 Å². The second-order valence-corrected chi connectivity index (χ2v) is 5.18. The molecule has 0 bridgehead atoms. The second-order valence-electron chi connectivity index (χ2n) is 3.37. The number of nitrogens with two attached hydrogens (primary N) is 1. The first-order chi connectivity index (χ1) is 8.72. The number of ether oxygens (including phenoxy) is 1. The number of anilines is 1. The largest absolute Gasteiger partial charge is 0.461 e. The standard InChI is InChI=1S/C9H4Cl2F4N2OS/c10-2-1-3-6(19-8(16)17-3)4(11)5(2)18-9(14,15)7(12)13/h1,7H,(H2,16,17). The lowest BCUT2D eigenvalue weighted by atomic mass is 10.3. The molecule has 2 aromatic rings. The summed E-state index contributed by atoms with van der Waals surface area (Å²) in [6.07, 6.45) is -8.71. The first-order valence-corrected chi connectivity index (χ1v) is 6.18. The lowest BCUT2D eigenvalue weighted by molar-refractivity contribution is -0.253. The van der Waals surface area contributed by atoms with Crippen LogP contribution >= 0.6 is 34.5 Å². The fraction of sp³-hybridized carbons (Fsp3) is 0.222. The Labute approximate surface area is 117 Å². The van der Waals surface area contributed by atoms with Crippen LogP contribution in [0, 0.1) is 0 Å². The van der Waals surface area contributed by atoms with Crippen LogP contribution in [0.5, 0.6) is 5.75 Å². The van der Waals surface area contributed by atoms with Gasteiger partial charge in [-0.3, -0.25) is 0 Å². The monoisotopic (exact) mass is 334 g/mol. The molecule has 0 radical (unpaired) electrons. The third-order valence-corrected chi connectivity index (χ3v) is 3.71. The summed E-state index contributed by atoms with van der Waals surface area (Å²) in [7, 11) is 0. The van der Waals surface area contributed by atoms with Crippen LogP contribution in [-0.4, -0.2) is 17.5 Å². The Morgan fingerprint density at radius 3 is 2.58 bits per heavy atom. The summed E-state index contributed by atoms with van der Waals surface area (Å²) in [5, 5.41) is -0.564. The Morgan fingerprint density at radius 1 is 1.37 bits per heavy atom. The van der Waals surface area contributed by atoms with E-state index in [1.807, 2.05) is 0 Å². The zero-order valence-corrected chi connectivity index (χ0v) is 11.1. The topological polar surface area (TPSA) is 48.1 Å². The molecule has 3 nitrogen and oxygen atoms in total. The van der Waals surface area contributed by atoms with E-state index in [4.69, 9.17) is 28.9 Å². The Kier molecular flexibility index (Phi) is 3.67. The molecule has 0 atom stereocenters. The van der Waals surface area contributed by atoms with Gasteiger partial charge in [0.15, 0.2) is 10.9 Å². The van der Waals surface area contributed by atoms with Gasteiger partial charge in [0, 0.05) is 0 Å². The van der Waals surface area contributed by atoms with Crippen molar-refractivity contribution < 1.29 is 22.3 Å². The van der Waals surface area contributed by atoms with Crippen LogP contribution in [0.15, 0.2) is 6.07 Å². The molecule has 0 saturated heterocycles. The molecule has 1 heterocycles. The summed E-state index contributed by atoms with van der Waals surface area (Å²) in [5.41, 5.74) is 5.70. The van der Waals surface area contributed by atoms with Crippen LogP contribution in [0.2, 0.25) is 10.0 Å². The summed E-state index contributed by atoms with van der Waals surface area (Å²) >= 11 is 12.4. The number of fused-ring (bicyclic) bond motifs is 1. The Morgan fingerprint density at radius 2 is 2.00 bits per heavy atom. The van der Waals surface area contributed by atoms with E-state index >= 15 is 0 Å². The Bertz CT molecular complexity index is 634. The quantitative estimate of drug-likeness (QED) is 0.845. The summed E-state index contributed by atoms with van der Waals surface area (Å²) in [6.45, 7) is 0. The number of thiazole rings is 1. The first kappa shape index (κ1) is 14.4. The van der Waals surface area contributed by atoms with Gasteiger partial charge in [-0.15, -0.1) is 0 Å². The summed E-state index contributed by atoms with van der Waals surface area (Å²) in [5.74, 6) is -0.732. The SMILES string of the molecule is Nc1nc2cc(Cl)c(OC(F)(F)C(F)F)c(Cl)c2s1. The van der Waals surface area contributed by atoms with Crippen LogP contribution in [-0.2, 0) is 0 Å². The molecule has 0 fully saturated rings. The van der Waals surface area contributed by atoms with Crippen molar-refractivity contribution in [2.24, 2.45) is 0 Å². The van der Waals surface area contributed by atoms with Gasteiger partial charge < -0.3 is 10.5 Å². The van der Waals surface area contributed by atoms with Gasteiger partial charge in [-0.25, -0.2) is 4.98 Å². The molecule has 0 spiro atoms. The molecule has 2 N–H and O–H groups in total. The maximum absolute atomic E-state index is 12.9. The number of nitrogens with zero attached hydrogens (tertiary/aromatic N) is 1. The summed E-state index contributed by atoms with van der Waals surface area (Å²) < 4.78 is 54.1. The number of rotatable bonds is 3. The maximum atomic E-state index is 12.9. The minimum atomic E-state index is -4.70. The van der Waals surface area contributed by atoms with Crippen LogP contribution in [0.3, 0.4) is 0 Å². The van der Waals surface area contributed by atoms with Gasteiger partial charge >= 0.3 is 12.5 Å². The van der Waals surface area contributed by atoms with Crippen molar-refractivity contribution in [2.45, 2.75) is 12.5 Å². The molecule has 0 aliphatic carbocycles. The highest BCUT2D eigenvalue weighted by Crippen LogP contribution is 2.44. The lowest BCUT2D eigenvalue weighted by Crippen LogP contribution is -2.33. The molecule has 0 aliphatic rings. The average Bonchev–Trinajstić information content (AvgIpc) is 2.65. The van der Waals surface area contributed by atoms with Crippen molar-refractivity contribution in [3.8, 4) is 5.75 Å². The highest BCUT2D eigenvalue weighted by molar-refractivity contribution is 7.22. The molecule has 1 aromatic heterocycles. The van der Waals surface area contributed by atoms with Crippen molar-refractivity contribution in [3.05, 3.63) is 16.1 Å². The Balaban J connectivity index is 2.54. The fourth-order valence-corrected chi connectivity index (χ4v) is 2.65. The van der Waals surface area contributed by atoms with Gasteiger partial charge in [0.2, 0.25) is 0 Å². The van der Waals surface area contributed by atoms with Gasteiger partial charge in [-0.2, -0.15) is 17.6 Å². The number of aromatic nitrogens is 1. The zero-order valence-electron chi connectivity index (χ0n) is 8.76. The molecule has 104 valence electrons. The molecular weight excluding hydrogens is 331 g/mol. The van der Waals surface area contributed by atoms with Crippen molar-refractivity contribution in [2.75, 3.05) is 5.73 Å². The molecule has 1 aromatic carbocycles. The molecule has 0 amide bonds. The van der Waals surface area contributed by atoms with Crippen molar-refractivity contribution in [1.29, 1.82) is 0 Å². The smallest absolute Gasteiger partial charge is 0.425 e. The molecule has 0 unspecified atom stereocenters. The first-order valence-electron chi connectivity index (χ1n) is 4.61. The van der Waals surface area contributed by atoms with Crippen LogP contribution in [0.4, 0.5) is 22.7 Å². The van der Waals surface area contributed by atoms with Crippen molar-refractivity contribution in [1.82, 2.24) is 4.98 Å². The molecule has 0 aliphatic heterocycles. The maximum Gasteiger partial charge on any atom is 0.461 e. The highest BCUT2D eigenvalue weighted by atomic mass is 35.5. The van der Waals surface area contributed by atoms with Crippen LogP contribution in [0.25, 0.3) is 10.2 Å². The van der Waals surface area contributed by atoms with Gasteiger partial charge in [0.1, 0.15) is 5.02 Å². The Hall–Kier alpha value is -0.990. The van der Waals surface area contributed by atoms with Crippen molar-refractivity contribution >= 4 is 49.9 Å². The minimum absolute atomic E-state index is 0.130. The fourth-order valence-electron chi connectivity index (χ4n) is 1.27. The predicted octanol–water partition coefficient (Wildman–Crippen LogP) is 4.42. The third-order valence-electron chi connectivity index (χ3n) is 2.04. The molecule has 2 rings (SSSR count). The van der Waals surface area contributed by atoms with Crippen LogP contribution < -0.4 is 10.5 Å². The van der Waals surface area contributed by atoms with Gasteiger partial charge in [-0.1, -0.05) is 34.5 Å². The number of alkyl halides is 4. The number of hydrogen-bond donors (Lipinski definition) is 1. The lowest BCUT2D eigenvalue weighted by Gasteiger charge is -2.18. The van der Waals surface area contributed by atoms with Crippen molar-refractivity contribution in [3.63, 3.8) is 0 Å². The minimum Gasteiger partial charge on any atom is -0.425 e. The molecular formula is C9H4Cl2F4N2OS. The molecule has 19 heavy (non-hydrogen) atoms. The average molecular weight is 335 g/mol. The van der Waals surface area contributed by atoms with E-state index in [0.29, 0.717) is 0 Å². The normalized spacial score (nSPS) is 12.4. The van der Waals surface area contributed by atoms with E-state index in [9.17, 15) is 17.6 Å². The second kappa shape index (κ2) is 4.84. The van der Waals surface area contributed by atoms with E-state index in [2.05, 4.69) is 9.72 Å². The third kappa shape index (κ3) is 2.65. The van der Waals surface area contributed by atoms with E-state index in [0.717, 1.165) is 17.4 Å². The van der Waals surface area contributed by atoms with E-state index in [-0.39, 0.29) is 25.4 Å². The highest BCUT2D eigenvalue weighted by Gasteiger charge is 2.45. The van der Waals surface area contributed by atoms with E-state index in [1.54, 1.807) is 0 Å². The number of nitrogen functional groups attached to an aromatic ring is 1. The number of hydrogen-bond acceptors (Lipinski definition) is 4. The van der Waals surface area contributed by atoms with Crippen LogP contribution in [0.1, 0.15) is 0 Å². The van der Waals surface area contributed by atoms with E-state index in [1.165, 1.54) is 0 Å². The van der Waals surface area contributed by atoms with Gasteiger partial charge in [-0.05, 0) is 6.07 Å². The summed E-state index contributed by atoms with van der Waals surface area (Å²) in [4.78, 5) is 3.84. The molecule has 0 saturated carbocycles. The predicted molar refractivity (Wildman–Crippen MR) is 65.6 cm³/mol.